The molecule has 8 nitrogen and oxygen atoms in total. The molecule has 9 heteroatoms. The van der Waals surface area contributed by atoms with E-state index in [-0.39, 0.29) is 19.1 Å². The minimum absolute atomic E-state index is 0.0144. The summed E-state index contributed by atoms with van der Waals surface area (Å²) in [7, 11) is 1.32. The van der Waals surface area contributed by atoms with Crippen molar-refractivity contribution in [1.82, 2.24) is 5.32 Å². The molecular formula is C72H139N2O6P. The molecule has 0 fully saturated rings. The van der Waals surface area contributed by atoms with Crippen LogP contribution in [-0.2, 0) is 18.4 Å². The predicted molar refractivity (Wildman–Crippen MR) is 353 cm³/mol. The number of aliphatic hydroxyl groups excluding tert-OH is 1. The third kappa shape index (κ3) is 65.9. The molecule has 0 aromatic carbocycles. The first-order chi connectivity index (χ1) is 39.5. The molecule has 0 spiro atoms. The van der Waals surface area contributed by atoms with Crippen LogP contribution in [0.2, 0.25) is 0 Å². The Morgan fingerprint density at radius 3 is 1.10 bits per heavy atom. The summed E-state index contributed by atoms with van der Waals surface area (Å²) >= 11 is 0. The zero-order valence-electron chi connectivity index (χ0n) is 54.8. The monoisotopic (exact) mass is 1160 g/mol. The lowest BCUT2D eigenvalue weighted by molar-refractivity contribution is -0.870. The lowest BCUT2D eigenvalue weighted by Gasteiger charge is -2.30. The van der Waals surface area contributed by atoms with Gasteiger partial charge in [0.25, 0.3) is 7.82 Å². The number of aliphatic hydroxyl groups is 1. The molecule has 0 aliphatic rings. The van der Waals surface area contributed by atoms with Crippen LogP contribution in [0.15, 0.2) is 48.6 Å². The largest absolute Gasteiger partial charge is 0.756 e. The molecule has 478 valence electrons. The summed E-state index contributed by atoms with van der Waals surface area (Å²) in [6.45, 7) is 4.66. The molecule has 0 aliphatic heterocycles. The van der Waals surface area contributed by atoms with Crippen molar-refractivity contribution in [3.63, 3.8) is 0 Å². The lowest BCUT2D eigenvalue weighted by atomic mass is 10.0. The Morgan fingerprint density at radius 2 is 0.753 bits per heavy atom. The smallest absolute Gasteiger partial charge is 0.268 e. The molecular weight excluding hydrogens is 1020 g/mol. The highest BCUT2D eigenvalue weighted by Gasteiger charge is 2.24. The third-order valence-corrected chi connectivity index (χ3v) is 17.3. The SMILES string of the molecule is CC/C=C\C/C=C\C/C=C\C/C=C\CCCCCCCCCCCCCCCCCCCCCCCCCCC(=O)NC(COP(=O)([O-])OCC[N+](C)(C)C)C(O)CCCCCCCCCCCCCCCCCCCCCCCC. The van der Waals surface area contributed by atoms with E-state index in [1.54, 1.807) is 0 Å². The number of phosphoric ester groups is 1. The third-order valence-electron chi connectivity index (χ3n) is 16.3. The number of unbranched alkanes of at least 4 members (excludes halogenated alkanes) is 45. The maximum atomic E-state index is 13.1. The molecule has 0 aromatic rings. The van der Waals surface area contributed by atoms with Gasteiger partial charge in [-0.05, 0) is 51.4 Å². The summed E-state index contributed by atoms with van der Waals surface area (Å²) in [4.78, 5) is 25.7. The van der Waals surface area contributed by atoms with Crippen molar-refractivity contribution in [3.8, 4) is 0 Å². The Morgan fingerprint density at radius 1 is 0.444 bits per heavy atom. The molecule has 0 heterocycles. The van der Waals surface area contributed by atoms with Crippen molar-refractivity contribution in [2.45, 2.75) is 366 Å². The standard InChI is InChI=1S/C72H139N2O6P/c1-6-8-10-12-14-16-18-20-22-24-26-28-30-31-32-33-34-35-36-37-38-39-40-41-42-43-44-46-48-50-52-54-56-58-60-62-64-66-72(76)73-70(69-80-81(77,78)79-68-67-74(3,4)5)71(75)65-63-61-59-57-55-53-51-49-47-45-29-27-25-23-21-19-17-15-13-11-9-7-2/h8,10,14,16,20,22,26,28,70-71,75H,6-7,9,11-13,15,17-19,21,23-25,27,29-69H2,1-5H3,(H-,73,76,77,78)/b10-8-,16-14-,22-20-,28-26-. The van der Waals surface area contributed by atoms with E-state index >= 15 is 0 Å². The van der Waals surface area contributed by atoms with Gasteiger partial charge in [-0.1, -0.05) is 345 Å². The van der Waals surface area contributed by atoms with Crippen LogP contribution in [0.25, 0.3) is 0 Å². The van der Waals surface area contributed by atoms with Crippen molar-refractivity contribution in [3.05, 3.63) is 48.6 Å². The molecule has 0 bridgehead atoms. The highest BCUT2D eigenvalue weighted by molar-refractivity contribution is 7.45. The number of amides is 1. The summed E-state index contributed by atoms with van der Waals surface area (Å²) in [5.41, 5.74) is 0. The van der Waals surface area contributed by atoms with E-state index < -0.39 is 20.0 Å². The Kier molecular flexibility index (Phi) is 61.8. The number of likely N-dealkylation sites (N-methyl/N-ethyl adjacent to an activating group) is 1. The number of carbonyl (C=O) groups is 1. The van der Waals surface area contributed by atoms with Gasteiger partial charge in [-0.15, -0.1) is 0 Å². The van der Waals surface area contributed by atoms with Crippen LogP contribution in [0.1, 0.15) is 354 Å². The van der Waals surface area contributed by atoms with Crippen molar-refractivity contribution in [2.24, 2.45) is 0 Å². The maximum Gasteiger partial charge on any atom is 0.268 e. The quantitative estimate of drug-likeness (QED) is 0.0272. The van der Waals surface area contributed by atoms with E-state index in [1.165, 1.54) is 263 Å². The average molecular weight is 1160 g/mol. The molecule has 2 N–H and O–H groups in total. The number of hydrogen-bond acceptors (Lipinski definition) is 6. The van der Waals surface area contributed by atoms with Crippen molar-refractivity contribution in [2.75, 3.05) is 40.9 Å². The minimum Gasteiger partial charge on any atom is -0.756 e. The number of carbonyl (C=O) groups excluding carboxylic acids is 1. The Bertz CT molecular complexity index is 1460. The van der Waals surface area contributed by atoms with E-state index in [4.69, 9.17) is 9.05 Å². The zero-order valence-corrected chi connectivity index (χ0v) is 55.6. The fourth-order valence-corrected chi connectivity index (χ4v) is 11.6. The fraction of sp³-hybridized carbons (Fsp3) is 0.875. The highest BCUT2D eigenvalue weighted by atomic mass is 31.2. The Hall–Kier alpha value is -1.54. The second-order valence-electron chi connectivity index (χ2n) is 25.6. The molecule has 81 heavy (non-hydrogen) atoms. The minimum atomic E-state index is -4.58. The van der Waals surface area contributed by atoms with Gasteiger partial charge >= 0.3 is 0 Å². The summed E-state index contributed by atoms with van der Waals surface area (Å²) < 4.78 is 23.5. The number of nitrogens with one attached hydrogen (secondary N) is 1. The van der Waals surface area contributed by atoms with Gasteiger partial charge in [0.1, 0.15) is 13.2 Å². The number of rotatable bonds is 66. The topological polar surface area (TPSA) is 108 Å². The number of quaternary nitrogens is 1. The Labute approximate surface area is 505 Å². The number of nitrogens with zero attached hydrogens (tertiary/aromatic N) is 1. The first-order valence-corrected chi connectivity index (χ1v) is 36.9. The summed E-state index contributed by atoms with van der Waals surface area (Å²) in [5, 5.41) is 14.1. The van der Waals surface area contributed by atoms with Gasteiger partial charge in [-0.3, -0.25) is 9.36 Å². The van der Waals surface area contributed by atoms with E-state index in [1.807, 2.05) is 21.1 Å². The van der Waals surface area contributed by atoms with Crippen molar-refractivity contribution < 1.29 is 32.9 Å². The van der Waals surface area contributed by atoms with E-state index in [0.717, 1.165) is 64.2 Å². The molecule has 0 rings (SSSR count). The van der Waals surface area contributed by atoms with Gasteiger partial charge in [-0.25, -0.2) is 0 Å². The van der Waals surface area contributed by atoms with Gasteiger partial charge < -0.3 is 28.8 Å². The van der Waals surface area contributed by atoms with Crippen molar-refractivity contribution >= 4 is 13.7 Å². The molecule has 0 saturated carbocycles. The van der Waals surface area contributed by atoms with Gasteiger partial charge in [0.15, 0.2) is 0 Å². The van der Waals surface area contributed by atoms with Crippen LogP contribution in [0, 0.1) is 0 Å². The Balaban J connectivity index is 3.94. The van der Waals surface area contributed by atoms with Crippen LogP contribution in [0.5, 0.6) is 0 Å². The van der Waals surface area contributed by atoms with Crippen LogP contribution in [0.4, 0.5) is 0 Å². The number of allylic oxidation sites excluding steroid dienone is 8. The molecule has 0 aromatic heterocycles. The normalized spacial score (nSPS) is 13.9. The van der Waals surface area contributed by atoms with E-state index in [9.17, 15) is 19.4 Å². The molecule has 3 atom stereocenters. The van der Waals surface area contributed by atoms with E-state index in [2.05, 4.69) is 67.8 Å². The number of hydrogen-bond donors (Lipinski definition) is 2. The lowest BCUT2D eigenvalue weighted by Crippen LogP contribution is -2.46. The van der Waals surface area contributed by atoms with Gasteiger partial charge in [0.2, 0.25) is 5.91 Å². The second-order valence-corrected chi connectivity index (χ2v) is 27.0. The van der Waals surface area contributed by atoms with Crippen LogP contribution < -0.4 is 10.2 Å². The molecule has 0 aliphatic carbocycles. The van der Waals surface area contributed by atoms with Crippen LogP contribution in [0.3, 0.4) is 0 Å². The summed E-state index contributed by atoms with van der Waals surface area (Å²) in [5.74, 6) is -0.157. The molecule has 1 amide bonds. The van der Waals surface area contributed by atoms with Crippen LogP contribution >= 0.6 is 7.82 Å². The van der Waals surface area contributed by atoms with Crippen LogP contribution in [-0.4, -0.2) is 68.5 Å². The maximum absolute atomic E-state index is 13.1. The van der Waals surface area contributed by atoms with Crippen molar-refractivity contribution in [1.29, 1.82) is 0 Å². The molecule has 0 radical (unpaired) electrons. The highest BCUT2D eigenvalue weighted by Crippen LogP contribution is 2.38. The fourth-order valence-electron chi connectivity index (χ4n) is 10.9. The first-order valence-electron chi connectivity index (χ1n) is 35.5. The van der Waals surface area contributed by atoms with E-state index in [0.29, 0.717) is 23.9 Å². The van der Waals surface area contributed by atoms with Gasteiger partial charge in [0, 0.05) is 6.42 Å². The summed E-state index contributed by atoms with van der Waals surface area (Å²) in [6, 6.07) is -0.800. The summed E-state index contributed by atoms with van der Waals surface area (Å²) in [6.07, 6.45) is 84.8. The average Bonchev–Trinajstić information content (AvgIpc) is 3.43. The van der Waals surface area contributed by atoms with Gasteiger partial charge in [0.05, 0.1) is 39.9 Å². The first kappa shape index (κ1) is 79.5. The molecule has 3 unspecified atom stereocenters. The molecule has 0 saturated heterocycles. The second kappa shape index (κ2) is 63.0. The van der Waals surface area contributed by atoms with Gasteiger partial charge in [-0.2, -0.15) is 0 Å². The predicted octanol–water partition coefficient (Wildman–Crippen LogP) is 22.0. The zero-order chi connectivity index (χ0) is 59.1. The number of phosphoric acid groups is 1.